The SMILES string of the molecule is CCCC(N)CCC(N)CCC(C)C. The molecular formula is C12H28N2. The van der Waals surface area contributed by atoms with Gasteiger partial charge in [-0.05, 0) is 38.0 Å². The van der Waals surface area contributed by atoms with E-state index in [1.807, 2.05) is 0 Å². The number of nitrogens with two attached hydrogens (primary N) is 2. The highest BCUT2D eigenvalue weighted by Crippen LogP contribution is 2.11. The van der Waals surface area contributed by atoms with Crippen LogP contribution in [0.2, 0.25) is 0 Å². The molecule has 0 bridgehead atoms. The van der Waals surface area contributed by atoms with E-state index < -0.39 is 0 Å². The molecular weight excluding hydrogens is 172 g/mol. The van der Waals surface area contributed by atoms with E-state index in [4.69, 9.17) is 11.5 Å². The van der Waals surface area contributed by atoms with Crippen molar-refractivity contribution in [3.63, 3.8) is 0 Å². The van der Waals surface area contributed by atoms with Crippen molar-refractivity contribution < 1.29 is 0 Å². The van der Waals surface area contributed by atoms with Gasteiger partial charge in [0.25, 0.3) is 0 Å². The molecule has 2 heteroatoms. The van der Waals surface area contributed by atoms with Crippen molar-refractivity contribution in [2.45, 2.75) is 71.4 Å². The van der Waals surface area contributed by atoms with Crippen LogP contribution in [0.3, 0.4) is 0 Å². The van der Waals surface area contributed by atoms with Gasteiger partial charge < -0.3 is 11.5 Å². The lowest BCUT2D eigenvalue weighted by Crippen LogP contribution is -2.26. The van der Waals surface area contributed by atoms with Crippen molar-refractivity contribution in [1.29, 1.82) is 0 Å². The molecule has 0 aromatic heterocycles. The zero-order valence-corrected chi connectivity index (χ0v) is 10.1. The average Bonchev–Trinajstić information content (AvgIpc) is 2.12. The van der Waals surface area contributed by atoms with Crippen LogP contribution in [0.25, 0.3) is 0 Å². The summed E-state index contributed by atoms with van der Waals surface area (Å²) in [5.41, 5.74) is 11.9. The highest BCUT2D eigenvalue weighted by Gasteiger charge is 2.07. The molecule has 0 rings (SSSR count). The smallest absolute Gasteiger partial charge is 0.00395 e. The lowest BCUT2D eigenvalue weighted by Gasteiger charge is -2.15. The first-order valence-electron chi connectivity index (χ1n) is 6.07. The Labute approximate surface area is 89.4 Å². The van der Waals surface area contributed by atoms with E-state index in [9.17, 15) is 0 Å². The van der Waals surface area contributed by atoms with Gasteiger partial charge in [0.2, 0.25) is 0 Å². The van der Waals surface area contributed by atoms with Crippen molar-refractivity contribution in [2.24, 2.45) is 17.4 Å². The van der Waals surface area contributed by atoms with Crippen LogP contribution in [-0.4, -0.2) is 12.1 Å². The number of rotatable bonds is 8. The predicted molar refractivity (Wildman–Crippen MR) is 64.2 cm³/mol. The third kappa shape index (κ3) is 8.52. The van der Waals surface area contributed by atoms with E-state index >= 15 is 0 Å². The van der Waals surface area contributed by atoms with E-state index in [1.54, 1.807) is 0 Å². The Bertz CT molecular complexity index is 123. The Morgan fingerprint density at radius 3 is 1.64 bits per heavy atom. The van der Waals surface area contributed by atoms with Gasteiger partial charge in [-0.3, -0.25) is 0 Å². The topological polar surface area (TPSA) is 52.0 Å². The van der Waals surface area contributed by atoms with E-state index in [1.165, 1.54) is 12.8 Å². The van der Waals surface area contributed by atoms with Gasteiger partial charge in [0, 0.05) is 12.1 Å². The summed E-state index contributed by atoms with van der Waals surface area (Å²) in [4.78, 5) is 0. The quantitative estimate of drug-likeness (QED) is 0.633. The van der Waals surface area contributed by atoms with Crippen molar-refractivity contribution in [3.05, 3.63) is 0 Å². The molecule has 0 saturated heterocycles. The van der Waals surface area contributed by atoms with Crippen LogP contribution in [0.5, 0.6) is 0 Å². The summed E-state index contributed by atoms with van der Waals surface area (Å²) in [6, 6.07) is 0.727. The van der Waals surface area contributed by atoms with Gasteiger partial charge in [0.15, 0.2) is 0 Å². The van der Waals surface area contributed by atoms with E-state index in [2.05, 4.69) is 20.8 Å². The molecule has 2 unspecified atom stereocenters. The van der Waals surface area contributed by atoms with Gasteiger partial charge in [-0.15, -0.1) is 0 Å². The summed E-state index contributed by atoms with van der Waals surface area (Å²) in [6.45, 7) is 6.67. The predicted octanol–water partition coefficient (Wildman–Crippen LogP) is 2.66. The zero-order valence-electron chi connectivity index (χ0n) is 10.1. The molecule has 0 aliphatic rings. The van der Waals surface area contributed by atoms with Gasteiger partial charge in [-0.25, -0.2) is 0 Å². The van der Waals surface area contributed by atoms with Crippen LogP contribution in [0, 0.1) is 5.92 Å². The van der Waals surface area contributed by atoms with E-state index in [-0.39, 0.29) is 0 Å². The Hall–Kier alpha value is -0.0800. The fourth-order valence-electron chi connectivity index (χ4n) is 1.64. The minimum Gasteiger partial charge on any atom is -0.328 e. The maximum Gasteiger partial charge on any atom is 0.00395 e. The molecule has 0 aromatic carbocycles. The number of hydrogen-bond donors (Lipinski definition) is 2. The van der Waals surface area contributed by atoms with Gasteiger partial charge in [0.05, 0.1) is 0 Å². The molecule has 0 amide bonds. The lowest BCUT2D eigenvalue weighted by atomic mass is 9.98. The molecule has 14 heavy (non-hydrogen) atoms. The maximum absolute atomic E-state index is 6.01. The molecule has 0 saturated carbocycles. The average molecular weight is 200 g/mol. The number of hydrogen-bond acceptors (Lipinski definition) is 2. The van der Waals surface area contributed by atoms with Crippen LogP contribution in [-0.2, 0) is 0 Å². The van der Waals surface area contributed by atoms with Crippen LogP contribution >= 0.6 is 0 Å². The first kappa shape index (κ1) is 13.9. The minimum atomic E-state index is 0.361. The van der Waals surface area contributed by atoms with Crippen molar-refractivity contribution in [2.75, 3.05) is 0 Å². The highest BCUT2D eigenvalue weighted by atomic mass is 14.7. The molecule has 0 fully saturated rings. The molecule has 0 spiro atoms. The van der Waals surface area contributed by atoms with Crippen molar-refractivity contribution in [1.82, 2.24) is 0 Å². The molecule has 0 radical (unpaired) electrons. The summed E-state index contributed by atoms with van der Waals surface area (Å²) < 4.78 is 0. The van der Waals surface area contributed by atoms with Gasteiger partial charge in [-0.2, -0.15) is 0 Å². The Morgan fingerprint density at radius 1 is 0.786 bits per heavy atom. The molecule has 2 nitrogen and oxygen atoms in total. The standard InChI is InChI=1S/C12H28N2/c1-4-5-11(13)8-9-12(14)7-6-10(2)3/h10-12H,4-9,13-14H2,1-3H3. The van der Waals surface area contributed by atoms with Crippen molar-refractivity contribution >= 4 is 0 Å². The minimum absolute atomic E-state index is 0.361. The Morgan fingerprint density at radius 2 is 1.21 bits per heavy atom. The third-order valence-corrected chi connectivity index (χ3v) is 2.68. The molecule has 0 aromatic rings. The van der Waals surface area contributed by atoms with Gasteiger partial charge in [0.1, 0.15) is 0 Å². The molecule has 4 N–H and O–H groups in total. The first-order chi connectivity index (χ1) is 6.56. The van der Waals surface area contributed by atoms with E-state index in [0.29, 0.717) is 12.1 Å². The van der Waals surface area contributed by atoms with Gasteiger partial charge in [-0.1, -0.05) is 27.2 Å². The van der Waals surface area contributed by atoms with Crippen LogP contribution < -0.4 is 11.5 Å². The summed E-state index contributed by atoms with van der Waals surface area (Å²) in [6.07, 6.45) is 6.89. The molecule has 0 aliphatic heterocycles. The molecule has 0 aliphatic carbocycles. The largest absolute Gasteiger partial charge is 0.328 e. The zero-order chi connectivity index (χ0) is 11.0. The molecule has 0 heterocycles. The third-order valence-electron chi connectivity index (χ3n) is 2.68. The molecule has 86 valence electrons. The first-order valence-corrected chi connectivity index (χ1v) is 6.07. The Kier molecular flexibility index (Phi) is 8.20. The van der Waals surface area contributed by atoms with E-state index in [0.717, 1.165) is 31.6 Å². The molecule has 2 atom stereocenters. The maximum atomic E-state index is 6.01. The summed E-state index contributed by atoms with van der Waals surface area (Å²) in [5, 5.41) is 0. The Balaban J connectivity index is 3.38. The second-order valence-corrected chi connectivity index (χ2v) is 4.86. The second-order valence-electron chi connectivity index (χ2n) is 4.86. The van der Waals surface area contributed by atoms with Gasteiger partial charge >= 0.3 is 0 Å². The summed E-state index contributed by atoms with van der Waals surface area (Å²) in [5.74, 6) is 0.769. The summed E-state index contributed by atoms with van der Waals surface area (Å²) >= 11 is 0. The van der Waals surface area contributed by atoms with Crippen LogP contribution in [0.15, 0.2) is 0 Å². The second kappa shape index (κ2) is 8.25. The van der Waals surface area contributed by atoms with Crippen LogP contribution in [0.1, 0.15) is 59.3 Å². The monoisotopic (exact) mass is 200 g/mol. The van der Waals surface area contributed by atoms with Crippen molar-refractivity contribution in [3.8, 4) is 0 Å². The van der Waals surface area contributed by atoms with Crippen LogP contribution in [0.4, 0.5) is 0 Å². The lowest BCUT2D eigenvalue weighted by molar-refractivity contribution is 0.441. The summed E-state index contributed by atoms with van der Waals surface area (Å²) in [7, 11) is 0. The fourth-order valence-corrected chi connectivity index (χ4v) is 1.64. The highest BCUT2D eigenvalue weighted by molar-refractivity contribution is 4.68. The fraction of sp³-hybridized carbons (Fsp3) is 1.00. The normalized spacial score (nSPS) is 15.9.